The molecule has 0 radical (unpaired) electrons. The third-order valence-corrected chi connectivity index (χ3v) is 5.15. The molecule has 0 atom stereocenters. The van der Waals surface area contributed by atoms with E-state index in [-0.39, 0.29) is 0 Å². The average Bonchev–Trinajstić information content (AvgIpc) is 3.01. The maximum absolute atomic E-state index is 4.45. The number of anilines is 1. The SMILES string of the molecule is Cc1c(-c2ccccc2)sc2c(NN=Cc3cccnc3)ncnc12. The summed E-state index contributed by atoms with van der Waals surface area (Å²) < 4.78 is 1.00. The van der Waals surface area contributed by atoms with E-state index < -0.39 is 0 Å². The molecule has 0 aliphatic heterocycles. The molecule has 0 spiro atoms. The van der Waals surface area contributed by atoms with Gasteiger partial charge in [-0.1, -0.05) is 36.4 Å². The highest BCUT2D eigenvalue weighted by Crippen LogP contribution is 2.39. The van der Waals surface area contributed by atoms with E-state index in [0.29, 0.717) is 5.82 Å². The first kappa shape index (κ1) is 15.4. The van der Waals surface area contributed by atoms with Gasteiger partial charge in [0.25, 0.3) is 0 Å². The van der Waals surface area contributed by atoms with Crippen LogP contribution in [-0.4, -0.2) is 21.2 Å². The van der Waals surface area contributed by atoms with Crippen molar-refractivity contribution in [1.29, 1.82) is 0 Å². The van der Waals surface area contributed by atoms with E-state index in [9.17, 15) is 0 Å². The third kappa shape index (κ3) is 3.12. The molecule has 0 saturated heterocycles. The number of hydrogen-bond acceptors (Lipinski definition) is 6. The van der Waals surface area contributed by atoms with E-state index in [1.165, 1.54) is 10.4 Å². The number of thiophene rings is 1. The van der Waals surface area contributed by atoms with Crippen LogP contribution in [0.25, 0.3) is 20.7 Å². The largest absolute Gasteiger partial charge is 0.264 e. The number of nitrogens with one attached hydrogen (secondary N) is 1. The smallest absolute Gasteiger partial charge is 0.167 e. The molecule has 0 amide bonds. The quantitative estimate of drug-likeness (QED) is 0.437. The van der Waals surface area contributed by atoms with E-state index in [2.05, 4.69) is 44.5 Å². The van der Waals surface area contributed by atoms with Crippen LogP contribution in [0.2, 0.25) is 0 Å². The van der Waals surface area contributed by atoms with Crippen molar-refractivity contribution in [3.05, 3.63) is 72.3 Å². The van der Waals surface area contributed by atoms with Gasteiger partial charge in [-0.2, -0.15) is 5.10 Å². The number of hydrazone groups is 1. The molecule has 4 rings (SSSR count). The number of benzene rings is 1. The summed E-state index contributed by atoms with van der Waals surface area (Å²) in [5.41, 5.74) is 7.26. The second-order valence-electron chi connectivity index (χ2n) is 5.48. The molecule has 1 aromatic carbocycles. The van der Waals surface area contributed by atoms with Crippen molar-refractivity contribution in [3.8, 4) is 10.4 Å². The Morgan fingerprint density at radius 1 is 1.08 bits per heavy atom. The minimum atomic E-state index is 0.709. The summed E-state index contributed by atoms with van der Waals surface area (Å²) in [7, 11) is 0. The lowest BCUT2D eigenvalue weighted by atomic mass is 10.1. The monoisotopic (exact) mass is 345 g/mol. The summed E-state index contributed by atoms with van der Waals surface area (Å²) in [6.07, 6.45) is 6.78. The Morgan fingerprint density at radius 3 is 2.76 bits per heavy atom. The molecular weight excluding hydrogens is 330 g/mol. The van der Waals surface area contributed by atoms with Crippen molar-refractivity contribution in [2.75, 3.05) is 5.43 Å². The van der Waals surface area contributed by atoms with Crippen LogP contribution in [0.15, 0.2) is 66.3 Å². The summed E-state index contributed by atoms with van der Waals surface area (Å²) >= 11 is 1.68. The predicted octanol–water partition coefficient (Wildman–Crippen LogP) is 4.51. The van der Waals surface area contributed by atoms with Crippen molar-refractivity contribution in [2.24, 2.45) is 5.10 Å². The van der Waals surface area contributed by atoms with Crippen LogP contribution >= 0.6 is 11.3 Å². The maximum atomic E-state index is 4.45. The molecule has 3 aromatic heterocycles. The molecule has 0 unspecified atom stereocenters. The highest BCUT2D eigenvalue weighted by molar-refractivity contribution is 7.23. The van der Waals surface area contributed by atoms with Crippen molar-refractivity contribution < 1.29 is 0 Å². The zero-order chi connectivity index (χ0) is 17.1. The number of rotatable bonds is 4. The van der Waals surface area contributed by atoms with Crippen LogP contribution in [0, 0.1) is 6.92 Å². The standard InChI is InChI=1S/C19H15N5S/c1-13-16-18(25-17(13)15-7-3-2-4-8-15)19(22-12-21-16)24-23-11-14-6-5-9-20-10-14/h2-12H,1H3,(H,21,22,24). The van der Waals surface area contributed by atoms with Gasteiger partial charge in [0.2, 0.25) is 0 Å². The van der Waals surface area contributed by atoms with Gasteiger partial charge in [-0.3, -0.25) is 10.4 Å². The number of aryl methyl sites for hydroxylation is 1. The lowest BCUT2D eigenvalue weighted by molar-refractivity contribution is 1.18. The second-order valence-corrected chi connectivity index (χ2v) is 6.50. The molecular formula is C19H15N5S. The van der Waals surface area contributed by atoms with Gasteiger partial charge in [0.1, 0.15) is 6.33 Å². The number of nitrogens with zero attached hydrogens (tertiary/aromatic N) is 4. The molecule has 122 valence electrons. The Hall–Kier alpha value is -3.12. The van der Waals surface area contributed by atoms with Crippen LogP contribution in [-0.2, 0) is 0 Å². The lowest BCUT2D eigenvalue weighted by Gasteiger charge is -2.00. The lowest BCUT2D eigenvalue weighted by Crippen LogP contribution is -1.94. The van der Waals surface area contributed by atoms with Gasteiger partial charge in [-0.25, -0.2) is 9.97 Å². The molecule has 0 aliphatic carbocycles. The molecule has 0 bridgehead atoms. The van der Waals surface area contributed by atoms with E-state index in [0.717, 1.165) is 21.3 Å². The van der Waals surface area contributed by atoms with Crippen molar-refractivity contribution in [3.63, 3.8) is 0 Å². The summed E-state index contributed by atoms with van der Waals surface area (Å²) in [5.74, 6) is 0.709. The highest BCUT2D eigenvalue weighted by Gasteiger charge is 2.14. The highest BCUT2D eigenvalue weighted by atomic mass is 32.1. The first-order chi connectivity index (χ1) is 12.3. The van der Waals surface area contributed by atoms with Gasteiger partial charge in [0.15, 0.2) is 5.82 Å². The molecule has 0 aliphatic rings. The second kappa shape index (κ2) is 6.78. The Bertz CT molecular complexity index is 1030. The number of fused-ring (bicyclic) bond motifs is 1. The first-order valence-corrected chi connectivity index (χ1v) is 8.63. The third-order valence-electron chi connectivity index (χ3n) is 3.81. The minimum absolute atomic E-state index is 0.709. The van der Waals surface area contributed by atoms with Crippen LogP contribution in [0.4, 0.5) is 5.82 Å². The summed E-state index contributed by atoms with van der Waals surface area (Å²) in [4.78, 5) is 14.1. The van der Waals surface area contributed by atoms with Crippen molar-refractivity contribution >= 4 is 33.6 Å². The van der Waals surface area contributed by atoms with Gasteiger partial charge in [-0.15, -0.1) is 11.3 Å². The molecule has 6 heteroatoms. The molecule has 3 heterocycles. The van der Waals surface area contributed by atoms with E-state index >= 15 is 0 Å². The first-order valence-electron chi connectivity index (χ1n) is 7.81. The average molecular weight is 345 g/mol. The van der Waals surface area contributed by atoms with Gasteiger partial charge >= 0.3 is 0 Å². The zero-order valence-electron chi connectivity index (χ0n) is 13.5. The molecule has 25 heavy (non-hydrogen) atoms. The number of aromatic nitrogens is 3. The Kier molecular flexibility index (Phi) is 4.18. The number of hydrogen-bond donors (Lipinski definition) is 1. The van der Waals surface area contributed by atoms with E-state index in [4.69, 9.17) is 0 Å². The minimum Gasteiger partial charge on any atom is -0.264 e. The van der Waals surface area contributed by atoms with Crippen molar-refractivity contribution in [2.45, 2.75) is 6.92 Å². The van der Waals surface area contributed by atoms with Gasteiger partial charge < -0.3 is 0 Å². The van der Waals surface area contributed by atoms with Crippen LogP contribution in [0.3, 0.4) is 0 Å². The van der Waals surface area contributed by atoms with Crippen LogP contribution in [0.5, 0.6) is 0 Å². The predicted molar refractivity (Wildman–Crippen MR) is 103 cm³/mol. The van der Waals surface area contributed by atoms with Gasteiger partial charge in [-0.05, 0) is 24.1 Å². The Balaban J connectivity index is 1.69. The topological polar surface area (TPSA) is 63.1 Å². The Morgan fingerprint density at radius 2 is 1.96 bits per heavy atom. The summed E-state index contributed by atoms with van der Waals surface area (Å²) in [6, 6.07) is 14.1. The van der Waals surface area contributed by atoms with Gasteiger partial charge in [0, 0.05) is 22.8 Å². The van der Waals surface area contributed by atoms with Crippen molar-refractivity contribution in [1.82, 2.24) is 15.0 Å². The maximum Gasteiger partial charge on any atom is 0.167 e. The molecule has 0 fully saturated rings. The molecule has 1 N–H and O–H groups in total. The fraction of sp³-hybridized carbons (Fsp3) is 0.0526. The van der Waals surface area contributed by atoms with Gasteiger partial charge in [0.05, 0.1) is 16.4 Å². The summed E-state index contributed by atoms with van der Waals surface area (Å²) in [6.45, 7) is 2.09. The fourth-order valence-corrected chi connectivity index (χ4v) is 3.79. The van der Waals surface area contributed by atoms with E-state index in [1.54, 1.807) is 36.3 Å². The molecule has 5 nitrogen and oxygen atoms in total. The van der Waals surface area contributed by atoms with Crippen LogP contribution < -0.4 is 5.43 Å². The summed E-state index contributed by atoms with van der Waals surface area (Å²) in [5, 5.41) is 4.28. The normalized spacial score (nSPS) is 11.2. The number of pyridine rings is 1. The molecule has 0 saturated carbocycles. The Labute approximate surface area is 149 Å². The zero-order valence-corrected chi connectivity index (χ0v) is 14.4. The molecule has 4 aromatic rings. The fourth-order valence-electron chi connectivity index (χ4n) is 2.59. The van der Waals surface area contributed by atoms with E-state index in [1.807, 2.05) is 30.3 Å². The van der Waals surface area contributed by atoms with Crippen LogP contribution in [0.1, 0.15) is 11.1 Å².